The minimum atomic E-state index is -0.0220. The molecule has 2 aromatic rings. The molecule has 1 amide bonds. The molecule has 0 fully saturated rings. The van der Waals surface area contributed by atoms with Crippen LogP contribution in [0.4, 0.5) is 0 Å². The van der Waals surface area contributed by atoms with Crippen molar-refractivity contribution in [2.45, 2.75) is 51.7 Å². The molecule has 1 aliphatic carbocycles. The molecule has 1 aliphatic rings. The van der Waals surface area contributed by atoms with Gasteiger partial charge in [0.25, 0.3) is 5.91 Å². The largest absolute Gasteiger partial charge is 0.493 e. The summed E-state index contributed by atoms with van der Waals surface area (Å²) < 4.78 is 13.0. The lowest BCUT2D eigenvalue weighted by Crippen LogP contribution is -2.35. The molecule has 1 atom stereocenters. The van der Waals surface area contributed by atoms with Crippen LogP contribution in [0.25, 0.3) is 0 Å². The average Bonchev–Trinajstić information content (AvgIpc) is 3.09. The number of fused-ring (bicyclic) bond motifs is 1. The summed E-state index contributed by atoms with van der Waals surface area (Å²) in [4.78, 5) is 14.3. The SMILES string of the molecule is CCCn1nc(C(=O)N(C)C)c2c1CC[C@@H](NCc1cccc(OC)c1OC)C2. The van der Waals surface area contributed by atoms with Crippen molar-refractivity contribution in [2.24, 2.45) is 0 Å². The van der Waals surface area contributed by atoms with E-state index < -0.39 is 0 Å². The van der Waals surface area contributed by atoms with Gasteiger partial charge in [-0.25, -0.2) is 0 Å². The molecule has 29 heavy (non-hydrogen) atoms. The Labute approximate surface area is 173 Å². The van der Waals surface area contributed by atoms with Crippen LogP contribution in [-0.2, 0) is 25.9 Å². The minimum Gasteiger partial charge on any atom is -0.493 e. The number of ether oxygens (including phenoxy) is 2. The monoisotopic (exact) mass is 400 g/mol. The van der Waals surface area contributed by atoms with Crippen LogP contribution in [0.1, 0.15) is 47.1 Å². The number of para-hydroxylation sites is 1. The van der Waals surface area contributed by atoms with Gasteiger partial charge < -0.3 is 19.7 Å². The standard InChI is InChI=1S/C22H32N4O3/c1-6-12-26-18-11-10-16(13-17(18)20(24-26)22(27)25(2)3)23-14-15-8-7-9-19(28-4)21(15)29-5/h7-9,16,23H,6,10-14H2,1-5H3/t16-/m1/s1. The first kappa shape index (κ1) is 21.2. The first-order valence-corrected chi connectivity index (χ1v) is 10.2. The second-order valence-corrected chi connectivity index (χ2v) is 7.67. The van der Waals surface area contributed by atoms with Crippen LogP contribution in [0.3, 0.4) is 0 Å². The molecule has 0 aliphatic heterocycles. The number of benzene rings is 1. The van der Waals surface area contributed by atoms with E-state index in [1.165, 1.54) is 5.69 Å². The van der Waals surface area contributed by atoms with E-state index >= 15 is 0 Å². The number of methoxy groups -OCH3 is 2. The first-order valence-electron chi connectivity index (χ1n) is 10.2. The van der Waals surface area contributed by atoms with E-state index in [2.05, 4.69) is 17.3 Å². The summed E-state index contributed by atoms with van der Waals surface area (Å²) in [6.45, 7) is 3.67. The third-order valence-corrected chi connectivity index (χ3v) is 5.46. The number of hydrogen-bond acceptors (Lipinski definition) is 5. The third kappa shape index (κ3) is 4.40. The van der Waals surface area contributed by atoms with Crippen molar-refractivity contribution in [1.29, 1.82) is 0 Å². The van der Waals surface area contributed by atoms with Crippen molar-refractivity contribution in [1.82, 2.24) is 20.0 Å². The fourth-order valence-corrected chi connectivity index (χ4v) is 3.99. The van der Waals surface area contributed by atoms with Crippen molar-refractivity contribution in [3.63, 3.8) is 0 Å². The van der Waals surface area contributed by atoms with Gasteiger partial charge in [0.1, 0.15) is 0 Å². The lowest BCUT2D eigenvalue weighted by atomic mass is 9.91. The van der Waals surface area contributed by atoms with Crippen LogP contribution in [0.2, 0.25) is 0 Å². The van der Waals surface area contributed by atoms with Crippen LogP contribution in [0.15, 0.2) is 18.2 Å². The van der Waals surface area contributed by atoms with Gasteiger partial charge in [-0.2, -0.15) is 5.10 Å². The Kier molecular flexibility index (Phi) is 6.79. The molecule has 1 heterocycles. The van der Waals surface area contributed by atoms with Gasteiger partial charge >= 0.3 is 0 Å². The molecule has 0 spiro atoms. The Morgan fingerprint density at radius 2 is 2.10 bits per heavy atom. The normalized spacial score (nSPS) is 15.7. The number of aromatic nitrogens is 2. The molecule has 3 rings (SSSR count). The second kappa shape index (κ2) is 9.31. The maximum absolute atomic E-state index is 12.7. The lowest BCUT2D eigenvalue weighted by Gasteiger charge is -2.25. The Balaban J connectivity index is 1.78. The van der Waals surface area contributed by atoms with Crippen molar-refractivity contribution >= 4 is 5.91 Å². The van der Waals surface area contributed by atoms with Crippen LogP contribution in [0.5, 0.6) is 11.5 Å². The van der Waals surface area contributed by atoms with E-state index in [1.54, 1.807) is 33.2 Å². The summed E-state index contributed by atoms with van der Waals surface area (Å²) >= 11 is 0. The number of rotatable bonds is 8. The quantitative estimate of drug-likeness (QED) is 0.738. The van der Waals surface area contributed by atoms with Crippen molar-refractivity contribution in [2.75, 3.05) is 28.3 Å². The molecule has 1 aromatic heterocycles. The highest BCUT2D eigenvalue weighted by molar-refractivity contribution is 5.93. The molecule has 7 nitrogen and oxygen atoms in total. The fraction of sp³-hybridized carbons (Fsp3) is 0.545. The average molecular weight is 401 g/mol. The summed E-state index contributed by atoms with van der Waals surface area (Å²) in [5.74, 6) is 1.47. The van der Waals surface area contributed by atoms with E-state index in [-0.39, 0.29) is 11.9 Å². The summed E-state index contributed by atoms with van der Waals surface area (Å²) in [7, 11) is 6.87. The second-order valence-electron chi connectivity index (χ2n) is 7.67. The highest BCUT2D eigenvalue weighted by atomic mass is 16.5. The number of hydrogen-bond donors (Lipinski definition) is 1. The number of nitrogens with zero attached hydrogens (tertiary/aromatic N) is 3. The van der Waals surface area contributed by atoms with Gasteiger partial charge in [0, 0.05) is 50.0 Å². The molecule has 158 valence electrons. The van der Waals surface area contributed by atoms with Gasteiger partial charge in [0.2, 0.25) is 0 Å². The lowest BCUT2D eigenvalue weighted by molar-refractivity contribution is 0.0819. The van der Waals surface area contributed by atoms with Crippen LogP contribution >= 0.6 is 0 Å². The van der Waals surface area contributed by atoms with Gasteiger partial charge in [-0.3, -0.25) is 9.48 Å². The minimum absolute atomic E-state index is 0.0220. The maximum atomic E-state index is 12.7. The molecular weight excluding hydrogens is 368 g/mol. The van der Waals surface area contributed by atoms with E-state index in [0.717, 1.165) is 54.9 Å². The topological polar surface area (TPSA) is 68.6 Å². The molecule has 0 unspecified atom stereocenters. The molecule has 1 aromatic carbocycles. The van der Waals surface area contributed by atoms with Gasteiger partial charge in [0.15, 0.2) is 17.2 Å². The smallest absolute Gasteiger partial charge is 0.274 e. The summed E-state index contributed by atoms with van der Waals surface area (Å²) in [5, 5.41) is 8.31. The van der Waals surface area contributed by atoms with Crippen molar-refractivity contribution in [3.05, 3.63) is 40.7 Å². The predicted molar refractivity (Wildman–Crippen MR) is 113 cm³/mol. The Hall–Kier alpha value is -2.54. The van der Waals surface area contributed by atoms with Gasteiger partial charge in [0.05, 0.1) is 14.2 Å². The summed E-state index contributed by atoms with van der Waals surface area (Å²) in [5.41, 5.74) is 3.97. The van der Waals surface area contributed by atoms with E-state index in [0.29, 0.717) is 12.2 Å². The highest BCUT2D eigenvalue weighted by Crippen LogP contribution is 2.31. The number of amides is 1. The Morgan fingerprint density at radius 1 is 1.31 bits per heavy atom. The molecule has 0 radical (unpaired) electrons. The molecule has 0 bridgehead atoms. The van der Waals surface area contributed by atoms with E-state index in [4.69, 9.17) is 9.47 Å². The highest BCUT2D eigenvalue weighted by Gasteiger charge is 2.29. The zero-order valence-electron chi connectivity index (χ0n) is 18.1. The van der Waals surface area contributed by atoms with E-state index in [9.17, 15) is 4.79 Å². The summed E-state index contributed by atoms with van der Waals surface area (Å²) in [6.07, 6.45) is 3.75. The molecular formula is C22H32N4O3. The summed E-state index contributed by atoms with van der Waals surface area (Å²) in [6, 6.07) is 6.20. The Morgan fingerprint density at radius 3 is 2.76 bits per heavy atom. The number of aryl methyl sites for hydroxylation is 1. The van der Waals surface area contributed by atoms with Crippen LogP contribution in [-0.4, -0.2) is 54.9 Å². The van der Waals surface area contributed by atoms with Crippen molar-refractivity contribution in [3.8, 4) is 11.5 Å². The van der Waals surface area contributed by atoms with E-state index in [1.807, 2.05) is 22.9 Å². The predicted octanol–water partition coefficient (Wildman–Crippen LogP) is 2.66. The zero-order valence-corrected chi connectivity index (χ0v) is 18.1. The third-order valence-electron chi connectivity index (χ3n) is 5.46. The van der Waals surface area contributed by atoms with Crippen LogP contribution in [0, 0.1) is 0 Å². The fourth-order valence-electron chi connectivity index (χ4n) is 3.99. The number of carbonyl (C=O) groups is 1. The van der Waals surface area contributed by atoms with Gasteiger partial charge in [-0.1, -0.05) is 19.1 Å². The molecule has 0 saturated heterocycles. The maximum Gasteiger partial charge on any atom is 0.274 e. The molecule has 0 saturated carbocycles. The first-order chi connectivity index (χ1) is 14.0. The molecule has 1 N–H and O–H groups in total. The Bertz CT molecular complexity index is 860. The van der Waals surface area contributed by atoms with Crippen molar-refractivity contribution < 1.29 is 14.3 Å². The molecule has 7 heteroatoms. The number of nitrogens with one attached hydrogen (secondary N) is 1. The number of carbonyl (C=O) groups excluding carboxylic acids is 1. The zero-order chi connectivity index (χ0) is 21.0. The van der Waals surface area contributed by atoms with Gasteiger partial charge in [-0.05, 0) is 31.7 Å². The van der Waals surface area contributed by atoms with Gasteiger partial charge in [-0.15, -0.1) is 0 Å². The van der Waals surface area contributed by atoms with Crippen LogP contribution < -0.4 is 14.8 Å².